The number of imidazole rings is 1. The molecule has 0 unspecified atom stereocenters. The minimum Gasteiger partial charge on any atom is -0.481 e. The third kappa shape index (κ3) is 1.94. The first-order chi connectivity index (χ1) is 7.18. The van der Waals surface area contributed by atoms with Crippen LogP contribution in [0.3, 0.4) is 0 Å². The van der Waals surface area contributed by atoms with Crippen LogP contribution in [-0.4, -0.2) is 20.5 Å². The van der Waals surface area contributed by atoms with Crippen LogP contribution in [0, 0.1) is 0 Å². The average Bonchev–Trinajstić information content (AvgIpc) is 2.58. The summed E-state index contributed by atoms with van der Waals surface area (Å²) < 4.78 is 1.75. The quantitative estimate of drug-likeness (QED) is 0.868. The standard InChI is InChI=1S/C10H9ClN2O2/c11-10-12-6-8-3-1-2-7(13(8)10)4-5-9(14)15/h1-3,6H,4-5H2,(H,14,15). The molecule has 0 bridgehead atoms. The number of fused-ring (bicyclic) bond motifs is 1. The Morgan fingerprint density at radius 3 is 3.07 bits per heavy atom. The van der Waals surface area contributed by atoms with Crippen LogP contribution in [0.15, 0.2) is 24.4 Å². The number of carboxylic acids is 1. The number of aliphatic carboxylic acids is 1. The van der Waals surface area contributed by atoms with Crippen molar-refractivity contribution < 1.29 is 9.90 Å². The Morgan fingerprint density at radius 1 is 1.53 bits per heavy atom. The first-order valence-electron chi connectivity index (χ1n) is 4.51. The molecule has 1 N–H and O–H groups in total. The fourth-order valence-corrected chi connectivity index (χ4v) is 1.76. The topological polar surface area (TPSA) is 54.6 Å². The molecule has 0 fully saturated rings. The van der Waals surface area contributed by atoms with Crippen LogP contribution in [0.1, 0.15) is 12.1 Å². The summed E-state index contributed by atoms with van der Waals surface area (Å²) in [5, 5.41) is 8.98. The normalized spacial score (nSPS) is 10.7. The zero-order valence-corrected chi connectivity index (χ0v) is 8.61. The lowest BCUT2D eigenvalue weighted by molar-refractivity contribution is -0.136. The first kappa shape index (κ1) is 9.98. The molecule has 0 saturated carbocycles. The first-order valence-corrected chi connectivity index (χ1v) is 4.89. The van der Waals surface area contributed by atoms with E-state index in [2.05, 4.69) is 4.98 Å². The highest BCUT2D eigenvalue weighted by atomic mass is 35.5. The van der Waals surface area contributed by atoms with Crippen molar-refractivity contribution in [1.29, 1.82) is 0 Å². The highest BCUT2D eigenvalue weighted by Crippen LogP contribution is 2.15. The Labute approximate surface area is 91.1 Å². The van der Waals surface area contributed by atoms with Gasteiger partial charge in [0.1, 0.15) is 0 Å². The van der Waals surface area contributed by atoms with E-state index in [0.29, 0.717) is 11.7 Å². The molecule has 0 spiro atoms. The number of aryl methyl sites for hydroxylation is 1. The summed E-state index contributed by atoms with van der Waals surface area (Å²) in [4.78, 5) is 14.4. The molecule has 4 nitrogen and oxygen atoms in total. The maximum Gasteiger partial charge on any atom is 0.303 e. The highest BCUT2D eigenvalue weighted by molar-refractivity contribution is 6.28. The Balaban J connectivity index is 2.41. The summed E-state index contributed by atoms with van der Waals surface area (Å²) in [6.07, 6.45) is 2.20. The molecule has 0 atom stereocenters. The molecule has 0 aliphatic rings. The number of aromatic nitrogens is 2. The number of carboxylic acid groups (broad SMARTS) is 1. The minimum atomic E-state index is -0.816. The van der Waals surface area contributed by atoms with Gasteiger partial charge < -0.3 is 5.11 Å². The van der Waals surface area contributed by atoms with Gasteiger partial charge in [-0.05, 0) is 30.2 Å². The van der Waals surface area contributed by atoms with E-state index in [9.17, 15) is 4.79 Å². The molecular weight excluding hydrogens is 216 g/mol. The van der Waals surface area contributed by atoms with E-state index < -0.39 is 5.97 Å². The van der Waals surface area contributed by atoms with E-state index in [1.165, 1.54) is 0 Å². The van der Waals surface area contributed by atoms with Crippen LogP contribution in [-0.2, 0) is 11.2 Å². The molecule has 2 aromatic heterocycles. The van der Waals surface area contributed by atoms with Gasteiger partial charge >= 0.3 is 5.97 Å². The van der Waals surface area contributed by atoms with Gasteiger partial charge in [-0.1, -0.05) is 6.07 Å². The smallest absolute Gasteiger partial charge is 0.303 e. The van der Waals surface area contributed by atoms with Crippen molar-refractivity contribution in [2.24, 2.45) is 0 Å². The van der Waals surface area contributed by atoms with Crippen LogP contribution in [0.5, 0.6) is 0 Å². The molecule has 0 aliphatic heterocycles. The Morgan fingerprint density at radius 2 is 2.33 bits per heavy atom. The number of halogens is 1. The SMILES string of the molecule is O=C(O)CCc1cccc2cnc(Cl)n12. The van der Waals surface area contributed by atoms with E-state index >= 15 is 0 Å². The zero-order valence-electron chi connectivity index (χ0n) is 7.85. The van der Waals surface area contributed by atoms with Crippen LogP contribution in [0.25, 0.3) is 5.52 Å². The third-order valence-corrected chi connectivity index (χ3v) is 2.45. The van der Waals surface area contributed by atoms with Gasteiger partial charge in [0.15, 0.2) is 0 Å². The van der Waals surface area contributed by atoms with Gasteiger partial charge in [-0.2, -0.15) is 0 Å². The van der Waals surface area contributed by atoms with E-state index in [1.807, 2.05) is 18.2 Å². The molecular formula is C10H9ClN2O2. The van der Waals surface area contributed by atoms with E-state index in [1.54, 1.807) is 10.6 Å². The average molecular weight is 225 g/mol. The summed E-state index contributed by atoms with van der Waals surface area (Å²) in [7, 11) is 0. The van der Waals surface area contributed by atoms with Gasteiger partial charge in [0, 0.05) is 5.69 Å². The largest absolute Gasteiger partial charge is 0.481 e. The van der Waals surface area contributed by atoms with Gasteiger partial charge in [-0.25, -0.2) is 4.98 Å². The van der Waals surface area contributed by atoms with E-state index in [4.69, 9.17) is 16.7 Å². The summed E-state index contributed by atoms with van der Waals surface area (Å²) in [6.45, 7) is 0. The Hall–Kier alpha value is -1.55. The van der Waals surface area contributed by atoms with Crippen molar-refractivity contribution >= 4 is 23.1 Å². The van der Waals surface area contributed by atoms with Gasteiger partial charge in [0.2, 0.25) is 5.28 Å². The van der Waals surface area contributed by atoms with Crippen LogP contribution >= 0.6 is 11.6 Å². The molecule has 2 heterocycles. The lowest BCUT2D eigenvalue weighted by atomic mass is 10.2. The van der Waals surface area contributed by atoms with Gasteiger partial charge in [0.05, 0.1) is 18.1 Å². The second kappa shape index (κ2) is 3.90. The molecule has 2 aromatic rings. The lowest BCUT2D eigenvalue weighted by Crippen LogP contribution is -2.02. The van der Waals surface area contributed by atoms with E-state index in [-0.39, 0.29) is 6.42 Å². The molecule has 0 amide bonds. The van der Waals surface area contributed by atoms with Crippen LogP contribution in [0.2, 0.25) is 5.28 Å². The fourth-order valence-electron chi connectivity index (χ4n) is 1.51. The number of nitrogens with zero attached hydrogens (tertiary/aromatic N) is 2. The second-order valence-corrected chi connectivity index (χ2v) is 3.54. The maximum atomic E-state index is 10.5. The molecule has 0 saturated heterocycles. The number of rotatable bonds is 3. The molecule has 15 heavy (non-hydrogen) atoms. The number of pyridine rings is 1. The summed E-state index contributed by atoms with van der Waals surface area (Å²) in [5.74, 6) is -0.816. The van der Waals surface area contributed by atoms with Crippen molar-refractivity contribution in [3.8, 4) is 0 Å². The number of hydrogen-bond donors (Lipinski definition) is 1. The minimum absolute atomic E-state index is 0.0909. The highest BCUT2D eigenvalue weighted by Gasteiger charge is 2.06. The number of carbonyl (C=O) groups is 1. The Kier molecular flexibility index (Phi) is 2.60. The van der Waals surface area contributed by atoms with Crippen LogP contribution < -0.4 is 0 Å². The summed E-state index contributed by atoms with van der Waals surface area (Å²) in [6, 6.07) is 5.59. The zero-order chi connectivity index (χ0) is 10.8. The summed E-state index contributed by atoms with van der Waals surface area (Å²) in [5.41, 5.74) is 1.74. The van der Waals surface area contributed by atoms with Crippen molar-refractivity contribution in [1.82, 2.24) is 9.38 Å². The van der Waals surface area contributed by atoms with Crippen LogP contribution in [0.4, 0.5) is 0 Å². The predicted molar refractivity (Wildman–Crippen MR) is 56.2 cm³/mol. The second-order valence-electron chi connectivity index (χ2n) is 3.20. The predicted octanol–water partition coefficient (Wildman–Crippen LogP) is 2.00. The molecule has 5 heteroatoms. The molecule has 0 aliphatic carbocycles. The van der Waals surface area contributed by atoms with Gasteiger partial charge in [-0.3, -0.25) is 9.20 Å². The summed E-state index contributed by atoms with van der Waals surface area (Å²) >= 11 is 5.90. The monoisotopic (exact) mass is 224 g/mol. The van der Waals surface area contributed by atoms with Gasteiger partial charge in [-0.15, -0.1) is 0 Å². The van der Waals surface area contributed by atoms with Crippen molar-refractivity contribution in [3.63, 3.8) is 0 Å². The van der Waals surface area contributed by atoms with E-state index in [0.717, 1.165) is 11.2 Å². The molecule has 0 aromatic carbocycles. The lowest BCUT2D eigenvalue weighted by Gasteiger charge is -2.04. The number of hydrogen-bond acceptors (Lipinski definition) is 2. The molecule has 2 rings (SSSR count). The van der Waals surface area contributed by atoms with Crippen molar-refractivity contribution in [3.05, 3.63) is 35.4 Å². The van der Waals surface area contributed by atoms with Crippen molar-refractivity contribution in [2.45, 2.75) is 12.8 Å². The third-order valence-electron chi connectivity index (χ3n) is 2.18. The van der Waals surface area contributed by atoms with Crippen molar-refractivity contribution in [2.75, 3.05) is 0 Å². The Bertz CT molecular complexity index is 507. The van der Waals surface area contributed by atoms with Gasteiger partial charge in [0.25, 0.3) is 0 Å². The molecule has 0 radical (unpaired) electrons. The molecule has 78 valence electrons. The maximum absolute atomic E-state index is 10.5. The fraction of sp³-hybridized carbons (Fsp3) is 0.200.